The number of nitrogens with one attached hydrogen (secondary N) is 1. The van der Waals surface area contributed by atoms with Crippen LogP contribution in [0.2, 0.25) is 0 Å². The van der Waals surface area contributed by atoms with Crippen LogP contribution < -0.4 is 5.32 Å². The lowest BCUT2D eigenvalue weighted by atomic mass is 9.99. The second kappa shape index (κ2) is 6.57. The van der Waals surface area contributed by atoms with Crippen LogP contribution >= 0.6 is 0 Å². The van der Waals surface area contributed by atoms with E-state index < -0.39 is 0 Å². The molecule has 2 atom stereocenters. The van der Waals surface area contributed by atoms with E-state index in [0.29, 0.717) is 13.0 Å². The Morgan fingerprint density at radius 1 is 1.27 bits per heavy atom. The number of pyridine rings is 1. The molecular weight excluding hydrogens is 328 g/mol. The van der Waals surface area contributed by atoms with Gasteiger partial charge >= 0.3 is 0 Å². The van der Waals surface area contributed by atoms with Gasteiger partial charge in [-0.3, -0.25) is 4.79 Å². The quantitative estimate of drug-likeness (QED) is 0.759. The standard InChI is InChI=1S/C19H24N6O/c1-13-4-5-16-22-15(12-25(16)11-13)10-20-9-14-8-17(26)24(3)18(14)19-21-6-7-23(19)2/h4-7,11-12,14,18,20H,8-10H2,1-3H3/t14-,18+/m0/s1. The lowest BCUT2D eigenvalue weighted by molar-refractivity contribution is -0.127. The fourth-order valence-corrected chi connectivity index (χ4v) is 3.81. The van der Waals surface area contributed by atoms with Gasteiger partial charge in [-0.25, -0.2) is 9.97 Å². The van der Waals surface area contributed by atoms with Gasteiger partial charge in [0.1, 0.15) is 11.5 Å². The van der Waals surface area contributed by atoms with Gasteiger partial charge in [0, 0.05) is 64.3 Å². The highest BCUT2D eigenvalue weighted by molar-refractivity contribution is 5.79. The second-order valence-corrected chi connectivity index (χ2v) is 7.15. The molecule has 0 radical (unpaired) electrons. The van der Waals surface area contributed by atoms with Crippen LogP contribution in [0, 0.1) is 12.8 Å². The molecule has 0 aromatic carbocycles. The predicted octanol–water partition coefficient (Wildman–Crippen LogP) is 1.69. The molecule has 1 aliphatic heterocycles. The van der Waals surface area contributed by atoms with Crippen LogP contribution in [-0.4, -0.2) is 43.3 Å². The molecule has 0 bridgehead atoms. The molecule has 4 heterocycles. The molecule has 1 amide bonds. The summed E-state index contributed by atoms with van der Waals surface area (Å²) in [4.78, 5) is 23.2. The number of hydrogen-bond acceptors (Lipinski definition) is 4. The minimum Gasteiger partial charge on any atom is -0.336 e. The van der Waals surface area contributed by atoms with E-state index in [1.807, 2.05) is 35.8 Å². The molecule has 1 fully saturated rings. The molecule has 3 aromatic heterocycles. The topological polar surface area (TPSA) is 67.5 Å². The Labute approximate surface area is 152 Å². The average molecular weight is 352 g/mol. The number of aryl methyl sites for hydroxylation is 2. The van der Waals surface area contributed by atoms with Crippen LogP contribution in [0.4, 0.5) is 0 Å². The third-order valence-corrected chi connectivity index (χ3v) is 5.18. The molecule has 26 heavy (non-hydrogen) atoms. The Kier molecular flexibility index (Phi) is 4.24. The van der Waals surface area contributed by atoms with Crippen molar-refractivity contribution in [1.82, 2.24) is 29.2 Å². The first-order valence-corrected chi connectivity index (χ1v) is 8.91. The first kappa shape index (κ1) is 16.8. The van der Waals surface area contributed by atoms with E-state index in [1.54, 1.807) is 6.20 Å². The molecule has 0 aliphatic carbocycles. The summed E-state index contributed by atoms with van der Waals surface area (Å²) in [5, 5.41) is 3.48. The normalized spacial score (nSPS) is 20.4. The van der Waals surface area contributed by atoms with Crippen LogP contribution in [0.3, 0.4) is 0 Å². The van der Waals surface area contributed by atoms with Gasteiger partial charge in [0.2, 0.25) is 5.91 Å². The van der Waals surface area contributed by atoms with Crippen molar-refractivity contribution in [3.05, 3.63) is 54.0 Å². The monoisotopic (exact) mass is 352 g/mol. The summed E-state index contributed by atoms with van der Waals surface area (Å²) in [7, 11) is 3.84. The number of hydrogen-bond donors (Lipinski definition) is 1. The van der Waals surface area contributed by atoms with E-state index in [4.69, 9.17) is 0 Å². The Morgan fingerprint density at radius 2 is 2.12 bits per heavy atom. The fraction of sp³-hybridized carbons (Fsp3) is 0.421. The Bertz CT molecular complexity index is 943. The third kappa shape index (κ3) is 2.99. The largest absolute Gasteiger partial charge is 0.336 e. The zero-order valence-electron chi connectivity index (χ0n) is 15.4. The number of imidazole rings is 2. The van der Waals surface area contributed by atoms with Crippen LogP contribution in [0.5, 0.6) is 0 Å². The van der Waals surface area contributed by atoms with E-state index in [9.17, 15) is 4.79 Å². The number of carbonyl (C=O) groups excluding carboxylic acids is 1. The van der Waals surface area contributed by atoms with Gasteiger partial charge in [-0.05, 0) is 18.6 Å². The molecule has 1 saturated heterocycles. The van der Waals surface area contributed by atoms with Crippen LogP contribution in [0.1, 0.15) is 29.5 Å². The number of aromatic nitrogens is 4. The molecule has 1 N–H and O–H groups in total. The van der Waals surface area contributed by atoms with Crippen molar-refractivity contribution in [3.8, 4) is 0 Å². The summed E-state index contributed by atoms with van der Waals surface area (Å²) in [6, 6.07) is 4.11. The van der Waals surface area contributed by atoms with Gasteiger partial charge in [-0.1, -0.05) is 6.07 Å². The first-order chi connectivity index (χ1) is 12.5. The number of nitrogens with zero attached hydrogens (tertiary/aromatic N) is 5. The van der Waals surface area contributed by atoms with Crippen molar-refractivity contribution >= 4 is 11.6 Å². The van der Waals surface area contributed by atoms with E-state index in [1.165, 1.54) is 5.56 Å². The first-order valence-electron chi connectivity index (χ1n) is 8.91. The lowest BCUT2D eigenvalue weighted by Gasteiger charge is -2.24. The maximum absolute atomic E-state index is 12.2. The molecule has 3 aromatic rings. The molecular formula is C19H24N6O. The highest BCUT2D eigenvalue weighted by Crippen LogP contribution is 2.35. The SMILES string of the molecule is Cc1ccc2nc(CNC[C@@H]3CC(=O)N(C)[C@H]3c3nccn3C)cn2c1. The van der Waals surface area contributed by atoms with E-state index in [0.717, 1.165) is 23.7 Å². The summed E-state index contributed by atoms with van der Waals surface area (Å²) in [6.07, 6.45) is 8.39. The zero-order valence-corrected chi connectivity index (χ0v) is 15.4. The van der Waals surface area contributed by atoms with Crippen molar-refractivity contribution in [2.24, 2.45) is 13.0 Å². The van der Waals surface area contributed by atoms with Crippen molar-refractivity contribution in [3.63, 3.8) is 0 Å². The Balaban J connectivity index is 1.44. The zero-order chi connectivity index (χ0) is 18.3. The number of likely N-dealkylation sites (tertiary alicyclic amines) is 1. The van der Waals surface area contributed by atoms with E-state index in [-0.39, 0.29) is 17.9 Å². The predicted molar refractivity (Wildman–Crippen MR) is 98.5 cm³/mol. The Hall–Kier alpha value is -2.67. The molecule has 0 unspecified atom stereocenters. The van der Waals surface area contributed by atoms with Crippen LogP contribution in [0.25, 0.3) is 5.65 Å². The molecule has 4 rings (SSSR count). The van der Waals surface area contributed by atoms with Gasteiger partial charge < -0.3 is 19.2 Å². The van der Waals surface area contributed by atoms with Crippen LogP contribution in [-0.2, 0) is 18.4 Å². The maximum atomic E-state index is 12.2. The van der Waals surface area contributed by atoms with Gasteiger partial charge in [0.05, 0.1) is 11.7 Å². The summed E-state index contributed by atoms with van der Waals surface area (Å²) in [5.74, 6) is 1.31. The highest BCUT2D eigenvalue weighted by atomic mass is 16.2. The van der Waals surface area contributed by atoms with Gasteiger partial charge in [0.25, 0.3) is 0 Å². The third-order valence-electron chi connectivity index (χ3n) is 5.18. The fourth-order valence-electron chi connectivity index (χ4n) is 3.81. The summed E-state index contributed by atoms with van der Waals surface area (Å²) < 4.78 is 4.05. The van der Waals surface area contributed by atoms with Crippen molar-refractivity contribution in [1.29, 1.82) is 0 Å². The van der Waals surface area contributed by atoms with E-state index in [2.05, 4.69) is 45.1 Å². The molecule has 7 nitrogen and oxygen atoms in total. The van der Waals surface area contributed by atoms with Gasteiger partial charge in [-0.2, -0.15) is 0 Å². The molecule has 1 aliphatic rings. The second-order valence-electron chi connectivity index (χ2n) is 7.15. The molecule has 0 saturated carbocycles. The minimum absolute atomic E-state index is 0.0127. The molecule has 136 valence electrons. The number of rotatable bonds is 5. The average Bonchev–Trinajstić information content (AvgIpc) is 3.26. The minimum atomic E-state index is 0.0127. The van der Waals surface area contributed by atoms with Gasteiger partial charge in [-0.15, -0.1) is 0 Å². The lowest BCUT2D eigenvalue weighted by Crippen LogP contribution is -2.30. The molecule has 0 spiro atoms. The number of carbonyl (C=O) groups is 1. The summed E-state index contributed by atoms with van der Waals surface area (Å²) in [6.45, 7) is 3.51. The summed E-state index contributed by atoms with van der Waals surface area (Å²) in [5.41, 5.74) is 3.16. The summed E-state index contributed by atoms with van der Waals surface area (Å²) >= 11 is 0. The van der Waals surface area contributed by atoms with Crippen molar-refractivity contribution < 1.29 is 4.79 Å². The highest BCUT2D eigenvalue weighted by Gasteiger charge is 2.40. The Morgan fingerprint density at radius 3 is 2.88 bits per heavy atom. The number of fused-ring (bicyclic) bond motifs is 1. The number of amides is 1. The molecule has 7 heteroatoms. The van der Waals surface area contributed by atoms with E-state index >= 15 is 0 Å². The smallest absolute Gasteiger partial charge is 0.223 e. The van der Waals surface area contributed by atoms with Crippen molar-refractivity contribution in [2.45, 2.75) is 25.9 Å². The maximum Gasteiger partial charge on any atom is 0.223 e. The van der Waals surface area contributed by atoms with Gasteiger partial charge in [0.15, 0.2) is 0 Å². The van der Waals surface area contributed by atoms with Crippen molar-refractivity contribution in [2.75, 3.05) is 13.6 Å². The van der Waals surface area contributed by atoms with Crippen LogP contribution in [0.15, 0.2) is 36.9 Å².